The second kappa shape index (κ2) is 11.8. The van der Waals surface area contributed by atoms with E-state index >= 15 is 0 Å². The summed E-state index contributed by atoms with van der Waals surface area (Å²) in [6.07, 6.45) is 10.9. The molecule has 1 aliphatic rings. The van der Waals surface area contributed by atoms with Crippen LogP contribution in [0.5, 0.6) is 0 Å². The van der Waals surface area contributed by atoms with E-state index in [1.807, 2.05) is 12.1 Å². The molecule has 1 atom stereocenters. The van der Waals surface area contributed by atoms with Crippen molar-refractivity contribution in [1.29, 1.82) is 0 Å². The highest BCUT2D eigenvalue weighted by Crippen LogP contribution is 2.30. The highest BCUT2D eigenvalue weighted by Gasteiger charge is 2.43. The first-order valence-electron chi connectivity index (χ1n) is 11.9. The van der Waals surface area contributed by atoms with Gasteiger partial charge in [-0.25, -0.2) is 9.13 Å². The molecule has 1 heterocycles. The maximum absolute atomic E-state index is 13.4. The van der Waals surface area contributed by atoms with Crippen molar-refractivity contribution in [2.24, 2.45) is 0 Å². The molecule has 0 saturated heterocycles. The van der Waals surface area contributed by atoms with E-state index in [0.29, 0.717) is 22.5 Å². The summed E-state index contributed by atoms with van der Waals surface area (Å²) in [5.74, 6) is 0.995. The molecule has 0 radical (unpaired) electrons. The lowest BCUT2D eigenvalue weighted by Crippen LogP contribution is -3.00. The summed E-state index contributed by atoms with van der Waals surface area (Å²) in [5.41, 5.74) is 2.27. The van der Waals surface area contributed by atoms with Crippen molar-refractivity contribution in [1.82, 2.24) is 4.57 Å². The summed E-state index contributed by atoms with van der Waals surface area (Å²) in [6.45, 7) is 9.36. The van der Waals surface area contributed by atoms with Crippen LogP contribution in [0.3, 0.4) is 0 Å². The van der Waals surface area contributed by atoms with Gasteiger partial charge in [-0.2, -0.15) is 0 Å². The number of rotatable bonds is 11. The Kier molecular flexibility index (Phi) is 9.67. The number of carbonyl (C=O) groups is 2. The third-order valence-corrected chi connectivity index (χ3v) is 6.59. The number of benzene rings is 1. The summed E-state index contributed by atoms with van der Waals surface area (Å²) in [6, 6.07) is 7.43. The SMILES string of the molecule is CCCCCCCCCC[n+]1c2c(n(C(C)CC)c1C)C(=O)c1ccccc1C2=O.[Br-]. The number of unbranched alkanes of at least 4 members (excludes halogenated alkanes) is 7. The first kappa shape index (κ1) is 25.5. The summed E-state index contributed by atoms with van der Waals surface area (Å²) in [4.78, 5) is 26.8. The van der Waals surface area contributed by atoms with Gasteiger partial charge in [-0.15, -0.1) is 0 Å². The van der Waals surface area contributed by atoms with E-state index in [9.17, 15) is 9.59 Å². The molecule has 1 aliphatic carbocycles. The van der Waals surface area contributed by atoms with Gasteiger partial charge in [0.15, 0.2) is 0 Å². The number of hydrogen-bond acceptors (Lipinski definition) is 2. The fourth-order valence-corrected chi connectivity index (χ4v) is 4.68. The first-order valence-corrected chi connectivity index (χ1v) is 11.9. The predicted octanol–water partition coefficient (Wildman–Crippen LogP) is 2.98. The van der Waals surface area contributed by atoms with Gasteiger partial charge in [0.25, 0.3) is 5.82 Å². The molecule has 1 aromatic heterocycles. The van der Waals surface area contributed by atoms with E-state index in [4.69, 9.17) is 0 Å². The molecule has 0 saturated carbocycles. The topological polar surface area (TPSA) is 43.0 Å². The van der Waals surface area contributed by atoms with Gasteiger partial charge in [0.05, 0.1) is 12.6 Å². The van der Waals surface area contributed by atoms with Crippen LogP contribution in [-0.2, 0) is 6.54 Å². The summed E-state index contributed by atoms with van der Waals surface area (Å²) >= 11 is 0. The van der Waals surface area contributed by atoms with Gasteiger partial charge in [0, 0.05) is 18.1 Å². The molecule has 0 spiro atoms. The third kappa shape index (κ3) is 5.19. The Bertz CT molecular complexity index is 916. The van der Waals surface area contributed by atoms with E-state index < -0.39 is 0 Å². The second-order valence-corrected chi connectivity index (χ2v) is 8.70. The zero-order valence-corrected chi connectivity index (χ0v) is 21.1. The van der Waals surface area contributed by atoms with Crippen LogP contribution in [0.25, 0.3) is 0 Å². The first-order chi connectivity index (χ1) is 14.5. The number of halogens is 1. The lowest BCUT2D eigenvalue weighted by atomic mass is 9.89. The predicted molar refractivity (Wildman–Crippen MR) is 120 cm³/mol. The van der Waals surface area contributed by atoms with Crippen LogP contribution < -0.4 is 21.5 Å². The van der Waals surface area contributed by atoms with Crippen LogP contribution in [0.4, 0.5) is 0 Å². The molecule has 2 aromatic rings. The molecule has 0 fully saturated rings. The Hall–Kier alpha value is -1.75. The van der Waals surface area contributed by atoms with E-state index in [-0.39, 0.29) is 34.6 Å². The molecule has 0 N–H and O–H groups in total. The number of imidazole rings is 1. The van der Waals surface area contributed by atoms with Gasteiger partial charge < -0.3 is 17.0 Å². The van der Waals surface area contributed by atoms with Gasteiger partial charge in [0.2, 0.25) is 23.0 Å². The van der Waals surface area contributed by atoms with Crippen LogP contribution in [0.1, 0.15) is 123 Å². The lowest BCUT2D eigenvalue weighted by Gasteiger charge is -2.14. The average Bonchev–Trinajstić information content (AvgIpc) is 3.06. The van der Waals surface area contributed by atoms with Gasteiger partial charge in [0.1, 0.15) is 0 Å². The second-order valence-electron chi connectivity index (χ2n) is 8.70. The molecule has 5 heteroatoms. The molecule has 0 amide bonds. The van der Waals surface area contributed by atoms with Crippen molar-refractivity contribution >= 4 is 11.6 Å². The van der Waals surface area contributed by atoms with Crippen molar-refractivity contribution in [2.75, 3.05) is 0 Å². The standard InChI is InChI=1S/C26H37N2O2.BrH/c1-5-7-8-9-10-11-12-15-18-27-20(4)28(19(3)6-2)24-23(27)25(29)21-16-13-14-17-22(21)26(24)30;/h13-14,16-17,19H,5-12,15,18H2,1-4H3;1H/q+1;/p-1. The quantitative estimate of drug-likeness (QED) is 0.307. The lowest BCUT2D eigenvalue weighted by molar-refractivity contribution is -0.704. The molecule has 31 heavy (non-hydrogen) atoms. The van der Waals surface area contributed by atoms with Gasteiger partial charge in [-0.05, 0) is 26.2 Å². The molecule has 0 bridgehead atoms. The third-order valence-electron chi connectivity index (χ3n) is 6.59. The van der Waals surface area contributed by atoms with Crippen molar-refractivity contribution in [3.05, 3.63) is 52.6 Å². The van der Waals surface area contributed by atoms with Crippen LogP contribution in [0.2, 0.25) is 0 Å². The number of aromatic nitrogens is 2. The average molecular weight is 489 g/mol. The summed E-state index contributed by atoms with van der Waals surface area (Å²) in [7, 11) is 0. The van der Waals surface area contributed by atoms with Gasteiger partial charge >= 0.3 is 0 Å². The molecule has 1 unspecified atom stereocenters. The molecule has 170 valence electrons. The largest absolute Gasteiger partial charge is 1.00 e. The minimum absolute atomic E-state index is 0. The Balaban J connectivity index is 0.00000341. The van der Waals surface area contributed by atoms with Crippen LogP contribution in [-0.4, -0.2) is 16.1 Å². The smallest absolute Gasteiger partial charge is 0.254 e. The molecule has 3 rings (SSSR count). The zero-order valence-electron chi connectivity index (χ0n) is 19.5. The number of ketones is 2. The van der Waals surface area contributed by atoms with E-state index in [2.05, 4.69) is 36.8 Å². The van der Waals surface area contributed by atoms with E-state index in [1.165, 1.54) is 44.9 Å². The highest BCUT2D eigenvalue weighted by atomic mass is 79.9. The fourth-order valence-electron chi connectivity index (χ4n) is 4.68. The van der Waals surface area contributed by atoms with Crippen molar-refractivity contribution in [3.8, 4) is 0 Å². The van der Waals surface area contributed by atoms with E-state index in [0.717, 1.165) is 25.2 Å². The minimum atomic E-state index is -0.0155. The molecular weight excluding hydrogens is 452 g/mol. The van der Waals surface area contributed by atoms with Crippen LogP contribution in [0, 0.1) is 6.92 Å². The number of nitrogens with zero attached hydrogens (tertiary/aromatic N) is 2. The Morgan fingerprint density at radius 2 is 1.42 bits per heavy atom. The van der Waals surface area contributed by atoms with Crippen molar-refractivity contribution in [2.45, 2.75) is 98.1 Å². The normalized spacial score (nSPS) is 13.5. The van der Waals surface area contributed by atoms with Crippen LogP contribution >= 0.6 is 0 Å². The van der Waals surface area contributed by atoms with E-state index in [1.54, 1.807) is 12.1 Å². The Labute approximate surface area is 197 Å². The minimum Gasteiger partial charge on any atom is -1.00 e. The Morgan fingerprint density at radius 1 is 0.871 bits per heavy atom. The fraction of sp³-hybridized carbons (Fsp3) is 0.577. The van der Waals surface area contributed by atoms with Gasteiger partial charge in [-0.1, -0.05) is 76.6 Å². The maximum Gasteiger partial charge on any atom is 0.254 e. The van der Waals surface area contributed by atoms with Crippen LogP contribution in [0.15, 0.2) is 24.3 Å². The maximum atomic E-state index is 13.4. The molecule has 4 nitrogen and oxygen atoms in total. The number of fused-ring (bicyclic) bond motifs is 2. The van der Waals surface area contributed by atoms with Gasteiger partial charge in [-0.3, -0.25) is 9.59 Å². The number of carbonyl (C=O) groups excluding carboxylic acids is 2. The molecular formula is C26H37BrN2O2. The highest BCUT2D eigenvalue weighted by molar-refractivity contribution is 6.26. The summed E-state index contributed by atoms with van der Waals surface area (Å²) < 4.78 is 4.23. The zero-order chi connectivity index (χ0) is 21.7. The van der Waals surface area contributed by atoms with Crippen molar-refractivity contribution in [3.63, 3.8) is 0 Å². The van der Waals surface area contributed by atoms with Crippen molar-refractivity contribution < 1.29 is 31.1 Å². The molecule has 0 aliphatic heterocycles. The summed E-state index contributed by atoms with van der Waals surface area (Å²) in [5, 5.41) is 0. The number of hydrogen-bond donors (Lipinski definition) is 0. The molecule has 1 aromatic carbocycles. The Morgan fingerprint density at radius 3 is 2.00 bits per heavy atom. The monoisotopic (exact) mass is 488 g/mol.